The number of halogens is 2. The van der Waals surface area contributed by atoms with Crippen LogP contribution in [0.2, 0.25) is 10.0 Å². The molecule has 2 rings (SSSR count). The van der Waals surface area contributed by atoms with Crippen molar-refractivity contribution in [3.05, 3.63) is 34.1 Å². The molecule has 0 aliphatic rings. The number of anilines is 1. The van der Waals surface area contributed by atoms with Crippen molar-refractivity contribution < 1.29 is 0 Å². The second kappa shape index (κ2) is 4.62. The van der Waals surface area contributed by atoms with Crippen LogP contribution >= 0.6 is 23.2 Å². The van der Waals surface area contributed by atoms with E-state index in [0.717, 1.165) is 0 Å². The van der Waals surface area contributed by atoms with Crippen molar-refractivity contribution in [2.45, 2.75) is 26.2 Å². The maximum atomic E-state index is 6.17. The average Bonchev–Trinajstić information content (AvgIpc) is 2.59. The monoisotopic (exact) mass is 298 g/mol. The zero-order chi connectivity index (χ0) is 14.4. The predicted octanol–water partition coefficient (Wildman–Crippen LogP) is 3.45. The van der Waals surface area contributed by atoms with Crippen molar-refractivity contribution in [1.29, 1.82) is 0 Å². The molecule has 0 radical (unpaired) electrons. The number of imidazole rings is 1. The standard InChI is InChI=1S/C13H16Cl2N4/c1-13(2,3)12-18-10(11(16)19(12)17)8-6-7(14)4-5-9(8)15/h4-6H,16-17H2,1-3H3. The molecule has 2 aromatic rings. The van der Waals surface area contributed by atoms with Crippen molar-refractivity contribution in [2.75, 3.05) is 11.6 Å². The molecular formula is C13H16Cl2N4. The number of rotatable bonds is 1. The van der Waals surface area contributed by atoms with Crippen molar-refractivity contribution >= 4 is 29.0 Å². The lowest BCUT2D eigenvalue weighted by Crippen LogP contribution is -2.24. The number of nitrogen functional groups attached to an aromatic ring is 2. The van der Waals surface area contributed by atoms with Gasteiger partial charge in [0, 0.05) is 16.0 Å². The SMILES string of the molecule is CC(C)(C)c1nc(-c2cc(Cl)ccc2Cl)c(N)n1N. The van der Waals surface area contributed by atoms with E-state index in [2.05, 4.69) is 4.98 Å². The summed E-state index contributed by atoms with van der Waals surface area (Å²) < 4.78 is 1.40. The third kappa shape index (κ3) is 2.51. The molecule has 0 atom stereocenters. The summed E-state index contributed by atoms with van der Waals surface area (Å²) in [5.41, 5.74) is 7.05. The van der Waals surface area contributed by atoms with Gasteiger partial charge in [-0.25, -0.2) is 9.66 Å². The zero-order valence-electron chi connectivity index (χ0n) is 11.0. The molecular weight excluding hydrogens is 283 g/mol. The van der Waals surface area contributed by atoms with Gasteiger partial charge in [0.2, 0.25) is 0 Å². The summed E-state index contributed by atoms with van der Waals surface area (Å²) >= 11 is 12.2. The van der Waals surface area contributed by atoms with Crippen molar-refractivity contribution in [3.63, 3.8) is 0 Å². The molecule has 0 aliphatic carbocycles. The van der Waals surface area contributed by atoms with Crippen molar-refractivity contribution in [2.24, 2.45) is 0 Å². The normalized spacial score (nSPS) is 11.8. The molecule has 1 aromatic carbocycles. The molecule has 0 amide bonds. The quantitative estimate of drug-likeness (QED) is 0.792. The second-order valence-corrected chi connectivity index (χ2v) is 6.26. The van der Waals surface area contributed by atoms with Crippen LogP contribution in [0.3, 0.4) is 0 Å². The Bertz CT molecular complexity index is 626. The van der Waals surface area contributed by atoms with E-state index in [1.54, 1.807) is 18.2 Å². The Morgan fingerprint density at radius 3 is 2.37 bits per heavy atom. The predicted molar refractivity (Wildman–Crippen MR) is 80.9 cm³/mol. The number of nitrogens with two attached hydrogens (primary N) is 2. The third-order valence-electron chi connectivity index (χ3n) is 2.80. The number of benzene rings is 1. The van der Waals surface area contributed by atoms with Gasteiger partial charge in [0.25, 0.3) is 0 Å². The number of hydrogen-bond donors (Lipinski definition) is 2. The van der Waals surface area contributed by atoms with Crippen LogP contribution in [-0.4, -0.2) is 9.66 Å². The lowest BCUT2D eigenvalue weighted by Gasteiger charge is -2.17. The van der Waals surface area contributed by atoms with Crippen LogP contribution < -0.4 is 11.6 Å². The van der Waals surface area contributed by atoms with Crippen molar-refractivity contribution in [1.82, 2.24) is 9.66 Å². The fraction of sp³-hybridized carbons (Fsp3) is 0.308. The first-order chi connectivity index (χ1) is 8.71. The van der Waals surface area contributed by atoms with Gasteiger partial charge in [0.05, 0.1) is 5.02 Å². The highest BCUT2D eigenvalue weighted by Crippen LogP contribution is 2.35. The molecule has 0 unspecified atom stereocenters. The van der Waals surface area contributed by atoms with Gasteiger partial charge in [-0.2, -0.15) is 0 Å². The van der Waals surface area contributed by atoms with Gasteiger partial charge in [0.1, 0.15) is 11.5 Å². The van der Waals surface area contributed by atoms with Crippen LogP contribution in [0, 0.1) is 0 Å². The largest absolute Gasteiger partial charge is 0.382 e. The van der Waals surface area contributed by atoms with E-state index in [1.807, 2.05) is 20.8 Å². The molecule has 0 spiro atoms. The molecule has 0 saturated carbocycles. The first-order valence-electron chi connectivity index (χ1n) is 5.81. The van der Waals surface area contributed by atoms with Gasteiger partial charge in [-0.1, -0.05) is 44.0 Å². The van der Waals surface area contributed by atoms with Crippen LogP contribution in [0.15, 0.2) is 18.2 Å². The highest BCUT2D eigenvalue weighted by Gasteiger charge is 2.25. The molecule has 19 heavy (non-hydrogen) atoms. The Kier molecular flexibility index (Phi) is 3.41. The third-order valence-corrected chi connectivity index (χ3v) is 3.37. The topological polar surface area (TPSA) is 69.9 Å². The van der Waals surface area contributed by atoms with E-state index in [1.165, 1.54) is 4.68 Å². The Balaban J connectivity index is 2.67. The van der Waals surface area contributed by atoms with Crippen LogP contribution in [0.1, 0.15) is 26.6 Å². The van der Waals surface area contributed by atoms with E-state index < -0.39 is 0 Å². The number of aromatic nitrogens is 2. The maximum absolute atomic E-state index is 6.17. The minimum Gasteiger partial charge on any atom is -0.382 e. The van der Waals surface area contributed by atoms with E-state index >= 15 is 0 Å². The van der Waals surface area contributed by atoms with E-state index in [4.69, 9.17) is 34.8 Å². The Labute approximate surface area is 122 Å². The Hall–Kier alpha value is -1.39. The molecule has 0 bridgehead atoms. The van der Waals surface area contributed by atoms with Gasteiger partial charge in [-0.3, -0.25) is 0 Å². The van der Waals surface area contributed by atoms with Gasteiger partial charge in [-0.05, 0) is 18.2 Å². The van der Waals surface area contributed by atoms with Crippen LogP contribution in [0.4, 0.5) is 5.82 Å². The van der Waals surface area contributed by atoms with E-state index in [-0.39, 0.29) is 5.41 Å². The fourth-order valence-corrected chi connectivity index (χ4v) is 2.23. The number of nitrogens with zero attached hydrogens (tertiary/aromatic N) is 2. The highest BCUT2D eigenvalue weighted by atomic mass is 35.5. The highest BCUT2D eigenvalue weighted by molar-refractivity contribution is 6.35. The van der Waals surface area contributed by atoms with Gasteiger partial charge >= 0.3 is 0 Å². The van der Waals surface area contributed by atoms with Gasteiger partial charge < -0.3 is 11.6 Å². The summed E-state index contributed by atoms with van der Waals surface area (Å²) in [6.45, 7) is 6.05. The lowest BCUT2D eigenvalue weighted by molar-refractivity contribution is 0.532. The molecule has 0 saturated heterocycles. The van der Waals surface area contributed by atoms with Crippen LogP contribution in [0.25, 0.3) is 11.3 Å². The van der Waals surface area contributed by atoms with Crippen LogP contribution in [0.5, 0.6) is 0 Å². The van der Waals surface area contributed by atoms with E-state index in [0.29, 0.717) is 32.9 Å². The smallest absolute Gasteiger partial charge is 0.150 e. The molecule has 4 N–H and O–H groups in total. The maximum Gasteiger partial charge on any atom is 0.150 e. The summed E-state index contributed by atoms with van der Waals surface area (Å²) in [5.74, 6) is 7.03. The van der Waals surface area contributed by atoms with Gasteiger partial charge in [0.15, 0.2) is 5.82 Å². The second-order valence-electron chi connectivity index (χ2n) is 5.41. The summed E-state index contributed by atoms with van der Waals surface area (Å²) in [4.78, 5) is 4.52. The zero-order valence-corrected chi connectivity index (χ0v) is 12.5. The Morgan fingerprint density at radius 2 is 1.84 bits per heavy atom. The average molecular weight is 299 g/mol. The summed E-state index contributed by atoms with van der Waals surface area (Å²) in [7, 11) is 0. The summed E-state index contributed by atoms with van der Waals surface area (Å²) in [6, 6.07) is 5.16. The molecule has 1 heterocycles. The first kappa shape index (κ1) is 14.0. The minimum atomic E-state index is -0.216. The number of hydrogen-bond acceptors (Lipinski definition) is 3. The van der Waals surface area contributed by atoms with Crippen molar-refractivity contribution in [3.8, 4) is 11.3 Å². The van der Waals surface area contributed by atoms with Crippen LogP contribution in [-0.2, 0) is 5.41 Å². The fourth-order valence-electron chi connectivity index (χ4n) is 1.85. The summed E-state index contributed by atoms with van der Waals surface area (Å²) in [6.07, 6.45) is 0. The molecule has 0 aliphatic heterocycles. The molecule has 0 fully saturated rings. The van der Waals surface area contributed by atoms with Gasteiger partial charge in [-0.15, -0.1) is 0 Å². The Morgan fingerprint density at radius 1 is 1.21 bits per heavy atom. The first-order valence-corrected chi connectivity index (χ1v) is 6.56. The van der Waals surface area contributed by atoms with E-state index in [9.17, 15) is 0 Å². The molecule has 4 nitrogen and oxygen atoms in total. The molecule has 1 aromatic heterocycles. The molecule has 102 valence electrons. The lowest BCUT2D eigenvalue weighted by atomic mass is 9.96. The molecule has 6 heteroatoms. The summed E-state index contributed by atoms with van der Waals surface area (Å²) in [5, 5.41) is 1.11. The minimum absolute atomic E-state index is 0.216.